The highest BCUT2D eigenvalue weighted by molar-refractivity contribution is 7.90. The number of likely N-dealkylation sites (N-methyl/N-ethyl adjacent to an activating group) is 1. The molecule has 0 atom stereocenters. The molecule has 2 amide bonds. The van der Waals surface area contributed by atoms with Crippen LogP contribution in [0.25, 0.3) is 0 Å². The van der Waals surface area contributed by atoms with Crippen LogP contribution in [0.1, 0.15) is 63.5 Å². The number of anilines is 1. The van der Waals surface area contributed by atoms with Gasteiger partial charge in [-0.25, -0.2) is 22.3 Å². The van der Waals surface area contributed by atoms with Crippen molar-refractivity contribution in [1.82, 2.24) is 14.5 Å². The minimum absolute atomic E-state index is 0.0324. The summed E-state index contributed by atoms with van der Waals surface area (Å²) in [4.78, 5) is 17.2. The number of hydrogen-bond donors (Lipinski definition) is 2. The van der Waals surface area contributed by atoms with Gasteiger partial charge in [0, 0.05) is 24.8 Å². The molecule has 31 heavy (non-hydrogen) atoms. The van der Waals surface area contributed by atoms with Crippen LogP contribution < -0.4 is 10.0 Å². The smallest absolute Gasteiger partial charge is 0.307 e. The van der Waals surface area contributed by atoms with Gasteiger partial charge < -0.3 is 10.2 Å². The summed E-state index contributed by atoms with van der Waals surface area (Å²) in [5.41, 5.74) is 1.79. The first-order valence-electron chi connectivity index (χ1n) is 11.1. The van der Waals surface area contributed by atoms with Gasteiger partial charge >= 0.3 is 6.03 Å². The van der Waals surface area contributed by atoms with Gasteiger partial charge in [0.1, 0.15) is 5.82 Å². The minimum atomic E-state index is -3.80. The third-order valence-electron chi connectivity index (χ3n) is 6.36. The molecule has 0 unspecified atom stereocenters. The molecule has 9 heteroatoms. The molecule has 0 aromatic heterocycles. The molecule has 3 rings (SSSR count). The third kappa shape index (κ3) is 5.56. The maximum Gasteiger partial charge on any atom is 0.332 e. The molecule has 0 spiro atoms. The number of likely N-dealkylation sites (tertiary alicyclic amines) is 2. The summed E-state index contributed by atoms with van der Waals surface area (Å²) >= 11 is 0. The fraction of sp³-hybridized carbons (Fsp3) is 0.682. The number of carbonyl (C=O) groups excluding carboxylic acids is 1. The van der Waals surface area contributed by atoms with Crippen LogP contribution in [0.4, 0.5) is 14.9 Å². The Morgan fingerprint density at radius 3 is 2.03 bits per heavy atom. The second kappa shape index (κ2) is 9.42. The fourth-order valence-electron chi connectivity index (χ4n) is 4.50. The number of rotatable bonds is 6. The van der Waals surface area contributed by atoms with E-state index in [1.807, 2.05) is 27.7 Å². The summed E-state index contributed by atoms with van der Waals surface area (Å²) in [6, 6.07) is 2.51. The first-order valence-corrected chi connectivity index (χ1v) is 12.6. The normalized spacial score (nSPS) is 19.6. The molecule has 174 valence electrons. The van der Waals surface area contributed by atoms with Gasteiger partial charge in [-0.05, 0) is 68.1 Å². The van der Waals surface area contributed by atoms with Crippen molar-refractivity contribution in [3.05, 3.63) is 29.1 Å². The Hall–Kier alpha value is -1.71. The lowest BCUT2D eigenvalue weighted by atomic mass is 9.92. The monoisotopic (exact) mass is 454 g/mol. The highest BCUT2D eigenvalue weighted by Gasteiger charge is 2.36. The number of urea groups is 1. The van der Waals surface area contributed by atoms with Crippen LogP contribution in [0.5, 0.6) is 0 Å². The summed E-state index contributed by atoms with van der Waals surface area (Å²) in [5.74, 6) is -0.430. The zero-order valence-electron chi connectivity index (χ0n) is 19.1. The molecule has 0 radical (unpaired) electrons. The average molecular weight is 455 g/mol. The van der Waals surface area contributed by atoms with E-state index in [9.17, 15) is 17.6 Å². The van der Waals surface area contributed by atoms with Gasteiger partial charge in [-0.3, -0.25) is 4.90 Å². The van der Waals surface area contributed by atoms with Gasteiger partial charge in [0.25, 0.3) is 0 Å². The predicted octanol–water partition coefficient (Wildman–Crippen LogP) is 3.30. The van der Waals surface area contributed by atoms with Crippen LogP contribution in [0, 0.1) is 5.82 Å². The van der Waals surface area contributed by atoms with Crippen molar-refractivity contribution in [3.63, 3.8) is 0 Å². The molecule has 2 heterocycles. The van der Waals surface area contributed by atoms with Crippen molar-refractivity contribution in [2.75, 3.05) is 38.5 Å². The van der Waals surface area contributed by atoms with Crippen LogP contribution >= 0.6 is 0 Å². The second-order valence-electron chi connectivity index (χ2n) is 9.48. The Labute approximate surface area is 185 Å². The molecule has 2 saturated heterocycles. The van der Waals surface area contributed by atoms with Gasteiger partial charge in [-0.15, -0.1) is 0 Å². The van der Waals surface area contributed by atoms with Gasteiger partial charge in [-0.2, -0.15) is 0 Å². The predicted molar refractivity (Wildman–Crippen MR) is 122 cm³/mol. The topological polar surface area (TPSA) is 81.8 Å². The van der Waals surface area contributed by atoms with Crippen molar-refractivity contribution in [2.45, 2.75) is 63.7 Å². The van der Waals surface area contributed by atoms with Crippen molar-refractivity contribution in [1.29, 1.82) is 0 Å². The van der Waals surface area contributed by atoms with Crippen molar-refractivity contribution >= 4 is 21.7 Å². The first-order chi connectivity index (χ1) is 14.5. The van der Waals surface area contributed by atoms with E-state index < -0.39 is 21.3 Å². The molecular formula is C22H35FN4O3S. The molecule has 0 aliphatic carbocycles. The molecule has 2 aliphatic rings. The molecule has 2 N–H and O–H groups in total. The number of piperidine rings is 1. The van der Waals surface area contributed by atoms with E-state index in [1.165, 1.54) is 12.1 Å². The maximum absolute atomic E-state index is 14.1. The van der Waals surface area contributed by atoms with E-state index in [4.69, 9.17) is 0 Å². The van der Waals surface area contributed by atoms with Crippen LogP contribution in [-0.4, -0.2) is 68.8 Å². The molecule has 2 aliphatic heterocycles. The van der Waals surface area contributed by atoms with Crippen molar-refractivity contribution in [3.8, 4) is 0 Å². The molecule has 0 bridgehead atoms. The lowest BCUT2D eigenvalue weighted by molar-refractivity contribution is 0.0407. The van der Waals surface area contributed by atoms with Gasteiger partial charge in [-0.1, -0.05) is 27.7 Å². The third-order valence-corrected chi connectivity index (χ3v) is 8.18. The lowest BCUT2D eigenvalue weighted by Crippen LogP contribution is -2.60. The highest BCUT2D eigenvalue weighted by atomic mass is 32.2. The van der Waals surface area contributed by atoms with Gasteiger partial charge in [0.15, 0.2) is 0 Å². The number of amides is 2. The standard InChI is InChI=1S/C22H35FN4O3S/c1-14(2)19-10-16(23)11-20(15(3)4)21(19)24-22(28)25-31(29,30)18-6-8-27(9-7-18)17-12-26(5)13-17/h10-11,14-15,17-18H,6-9,12-13H2,1-5H3,(H2,24,25,28). The highest BCUT2D eigenvalue weighted by Crippen LogP contribution is 2.33. The summed E-state index contributed by atoms with van der Waals surface area (Å²) in [5, 5.41) is 2.11. The zero-order valence-corrected chi connectivity index (χ0v) is 19.9. The lowest BCUT2D eigenvalue weighted by Gasteiger charge is -2.46. The van der Waals surface area contributed by atoms with Crippen LogP contribution in [0.15, 0.2) is 12.1 Å². The van der Waals surface area contributed by atoms with Crippen molar-refractivity contribution < 1.29 is 17.6 Å². The summed E-state index contributed by atoms with van der Waals surface area (Å²) in [6.45, 7) is 11.1. The Kier molecular flexibility index (Phi) is 7.28. The number of sulfonamides is 1. The van der Waals surface area contributed by atoms with Gasteiger partial charge in [0.2, 0.25) is 10.0 Å². The number of halogens is 1. The van der Waals surface area contributed by atoms with Crippen LogP contribution in [0.3, 0.4) is 0 Å². The second-order valence-corrected chi connectivity index (χ2v) is 11.4. The molecule has 7 nitrogen and oxygen atoms in total. The van der Waals surface area contributed by atoms with E-state index >= 15 is 0 Å². The number of hydrogen-bond acceptors (Lipinski definition) is 5. The molecule has 1 aromatic carbocycles. The number of nitrogens with one attached hydrogen (secondary N) is 2. The van der Waals surface area contributed by atoms with Crippen LogP contribution in [0.2, 0.25) is 0 Å². The fourth-order valence-corrected chi connectivity index (χ4v) is 5.81. The number of nitrogens with zero attached hydrogens (tertiary/aromatic N) is 2. The number of benzene rings is 1. The first kappa shape index (κ1) is 23.9. The van der Waals surface area contributed by atoms with Crippen LogP contribution in [-0.2, 0) is 10.0 Å². The van der Waals surface area contributed by atoms with E-state index in [0.29, 0.717) is 35.7 Å². The quantitative estimate of drug-likeness (QED) is 0.689. The summed E-state index contributed by atoms with van der Waals surface area (Å²) in [6.07, 6.45) is 1.02. The summed E-state index contributed by atoms with van der Waals surface area (Å²) < 4.78 is 42.0. The Morgan fingerprint density at radius 2 is 1.58 bits per heavy atom. The summed E-state index contributed by atoms with van der Waals surface area (Å²) in [7, 11) is -1.72. The van der Waals surface area contributed by atoms with E-state index in [0.717, 1.165) is 26.2 Å². The molecule has 0 saturated carbocycles. The Morgan fingerprint density at radius 1 is 1.06 bits per heavy atom. The minimum Gasteiger partial charge on any atom is -0.307 e. The number of carbonyl (C=O) groups is 1. The van der Waals surface area contributed by atoms with E-state index in [2.05, 4.69) is 26.9 Å². The zero-order chi connectivity index (χ0) is 22.9. The van der Waals surface area contributed by atoms with Gasteiger partial charge in [0.05, 0.1) is 5.25 Å². The SMILES string of the molecule is CC(C)c1cc(F)cc(C(C)C)c1NC(=O)NS(=O)(=O)C1CCN(C2CN(C)C2)CC1. The molecular weight excluding hydrogens is 419 g/mol. The molecule has 1 aromatic rings. The Bertz CT molecular complexity index is 876. The van der Waals surface area contributed by atoms with Crippen molar-refractivity contribution in [2.24, 2.45) is 0 Å². The van der Waals surface area contributed by atoms with E-state index in [1.54, 1.807) is 0 Å². The molecule has 2 fully saturated rings. The Balaban J connectivity index is 1.66. The maximum atomic E-state index is 14.1. The van der Waals surface area contributed by atoms with E-state index in [-0.39, 0.29) is 17.7 Å². The average Bonchev–Trinajstić information content (AvgIpc) is 2.65. The largest absolute Gasteiger partial charge is 0.332 e.